The molecule has 0 spiro atoms. The summed E-state index contributed by atoms with van der Waals surface area (Å²) in [6.07, 6.45) is 0.520. The van der Waals surface area contributed by atoms with Crippen molar-refractivity contribution >= 4 is 21.6 Å². The average Bonchev–Trinajstić information content (AvgIpc) is 2.68. The van der Waals surface area contributed by atoms with Gasteiger partial charge in [-0.15, -0.1) is 40.5 Å². The maximum Gasteiger partial charge on any atom is 0.294 e. The summed E-state index contributed by atoms with van der Waals surface area (Å²) in [6.45, 7) is 1.56. The summed E-state index contributed by atoms with van der Waals surface area (Å²) in [5, 5.41) is 38.0. The SMILES string of the molecule is CCC(CO[N+](=O)[O-])(CO[N+](=O)[O-])CSSCC(CC)(CO[N+](=O)[O-])CO[N+](=O)[O-]. The first-order chi connectivity index (χ1) is 14.0. The van der Waals surface area contributed by atoms with Crippen molar-refractivity contribution < 1.29 is 39.7 Å². The zero-order chi connectivity index (χ0) is 23.2. The molecule has 0 radical (unpaired) electrons. The van der Waals surface area contributed by atoms with Crippen molar-refractivity contribution in [3.63, 3.8) is 0 Å². The fourth-order valence-electron chi connectivity index (χ4n) is 1.95. The molecule has 174 valence electrons. The Kier molecular flexibility index (Phi) is 12.5. The van der Waals surface area contributed by atoms with Gasteiger partial charge in [0.2, 0.25) is 0 Å². The van der Waals surface area contributed by atoms with Gasteiger partial charge in [0.1, 0.15) is 26.4 Å². The standard InChI is InChI=1S/C12H22N4O12S2/c1-3-11(5-25-13(17)18,6-26-14(19)20)9-29-30-10-12(4-2,7-27-15(21)22)8-28-16(23)24/h3-10H2,1-2H3. The molecule has 0 aliphatic heterocycles. The van der Waals surface area contributed by atoms with E-state index in [2.05, 4.69) is 19.4 Å². The molecular formula is C12H22N4O12S2. The largest absolute Gasteiger partial charge is 0.313 e. The van der Waals surface area contributed by atoms with Gasteiger partial charge in [-0.25, -0.2) is 0 Å². The van der Waals surface area contributed by atoms with Gasteiger partial charge >= 0.3 is 0 Å². The molecule has 0 saturated heterocycles. The van der Waals surface area contributed by atoms with Crippen molar-refractivity contribution in [2.24, 2.45) is 10.8 Å². The topological polar surface area (TPSA) is 209 Å². The Bertz CT molecular complexity index is 510. The van der Waals surface area contributed by atoms with Gasteiger partial charge in [-0.05, 0) is 12.8 Å². The third-order valence-corrected chi connectivity index (χ3v) is 7.05. The molecule has 0 aliphatic carbocycles. The lowest BCUT2D eigenvalue weighted by atomic mass is 9.89. The monoisotopic (exact) mass is 478 g/mol. The Labute approximate surface area is 177 Å². The predicted molar refractivity (Wildman–Crippen MR) is 102 cm³/mol. The van der Waals surface area contributed by atoms with Crippen LogP contribution in [0, 0.1) is 51.3 Å². The smallest absolute Gasteiger partial charge is 0.294 e. The third-order valence-electron chi connectivity index (χ3n) is 4.22. The lowest BCUT2D eigenvalue weighted by Gasteiger charge is -2.32. The first kappa shape index (κ1) is 27.5. The van der Waals surface area contributed by atoms with Crippen LogP contribution in [0.25, 0.3) is 0 Å². The maximum atomic E-state index is 10.5. The molecule has 0 rings (SSSR count). The van der Waals surface area contributed by atoms with E-state index in [0.717, 1.165) is 21.6 Å². The fourth-order valence-corrected chi connectivity index (χ4v) is 5.36. The van der Waals surface area contributed by atoms with Crippen LogP contribution in [0.2, 0.25) is 0 Å². The van der Waals surface area contributed by atoms with Crippen LogP contribution in [0.5, 0.6) is 0 Å². The second-order valence-electron chi connectivity index (χ2n) is 6.22. The summed E-state index contributed by atoms with van der Waals surface area (Å²) in [5.41, 5.74) is -2.11. The van der Waals surface area contributed by atoms with Gasteiger partial charge in [0.15, 0.2) is 0 Å². The molecule has 0 aromatic rings. The Balaban J connectivity index is 5.05. The van der Waals surface area contributed by atoms with Crippen LogP contribution in [0.15, 0.2) is 0 Å². The molecule has 18 heteroatoms. The summed E-state index contributed by atoms with van der Waals surface area (Å²) >= 11 is 0. The number of nitrogens with zero attached hydrogens (tertiary/aromatic N) is 4. The highest BCUT2D eigenvalue weighted by Gasteiger charge is 2.35. The second-order valence-corrected chi connectivity index (χ2v) is 8.68. The molecule has 0 bridgehead atoms. The fraction of sp³-hybridized carbons (Fsp3) is 1.00. The first-order valence-corrected chi connectivity index (χ1v) is 10.8. The van der Waals surface area contributed by atoms with Crippen LogP contribution in [-0.2, 0) is 19.4 Å². The van der Waals surface area contributed by atoms with Crippen molar-refractivity contribution in [3.8, 4) is 0 Å². The van der Waals surface area contributed by atoms with Crippen LogP contribution in [0.4, 0.5) is 0 Å². The summed E-state index contributed by atoms with van der Waals surface area (Å²) in [4.78, 5) is 59.6. The van der Waals surface area contributed by atoms with Crippen LogP contribution >= 0.6 is 21.6 Å². The highest BCUT2D eigenvalue weighted by molar-refractivity contribution is 8.76. The van der Waals surface area contributed by atoms with E-state index in [0.29, 0.717) is 0 Å². The minimum atomic E-state index is -1.05. The molecule has 0 aliphatic rings. The van der Waals surface area contributed by atoms with Gasteiger partial charge in [0, 0.05) is 22.3 Å². The quantitative estimate of drug-likeness (QED) is 0.112. The van der Waals surface area contributed by atoms with Gasteiger partial charge in [-0.1, -0.05) is 35.4 Å². The summed E-state index contributed by atoms with van der Waals surface area (Å²) in [7, 11) is 2.32. The van der Waals surface area contributed by atoms with Crippen molar-refractivity contribution in [2.75, 3.05) is 37.9 Å². The first-order valence-electron chi connectivity index (χ1n) is 8.33. The molecule has 16 nitrogen and oxygen atoms in total. The van der Waals surface area contributed by atoms with Crippen LogP contribution in [0.3, 0.4) is 0 Å². The Morgan fingerprint density at radius 3 is 1.00 bits per heavy atom. The van der Waals surface area contributed by atoms with E-state index in [9.17, 15) is 40.5 Å². The van der Waals surface area contributed by atoms with Gasteiger partial charge in [0.25, 0.3) is 20.3 Å². The van der Waals surface area contributed by atoms with E-state index in [-0.39, 0.29) is 24.3 Å². The molecular weight excluding hydrogens is 456 g/mol. The summed E-state index contributed by atoms with van der Waals surface area (Å²) < 4.78 is 0. The van der Waals surface area contributed by atoms with E-state index in [1.54, 1.807) is 13.8 Å². The molecule has 0 saturated carbocycles. The Morgan fingerprint density at radius 2 is 0.833 bits per heavy atom. The Morgan fingerprint density at radius 1 is 0.600 bits per heavy atom. The van der Waals surface area contributed by atoms with Crippen LogP contribution in [-0.4, -0.2) is 58.3 Å². The van der Waals surface area contributed by atoms with Crippen LogP contribution < -0.4 is 0 Å². The van der Waals surface area contributed by atoms with Crippen molar-refractivity contribution in [1.82, 2.24) is 0 Å². The minimum absolute atomic E-state index is 0.141. The van der Waals surface area contributed by atoms with Crippen molar-refractivity contribution in [1.29, 1.82) is 0 Å². The van der Waals surface area contributed by atoms with Crippen LogP contribution in [0.1, 0.15) is 26.7 Å². The molecule has 0 N–H and O–H groups in total. The molecule has 0 heterocycles. The molecule has 0 aromatic heterocycles. The molecule has 0 aromatic carbocycles. The second kappa shape index (κ2) is 13.7. The normalized spacial score (nSPS) is 11.4. The van der Waals surface area contributed by atoms with Crippen molar-refractivity contribution in [3.05, 3.63) is 40.5 Å². The zero-order valence-corrected chi connectivity index (χ0v) is 17.8. The van der Waals surface area contributed by atoms with Gasteiger partial charge in [0.05, 0.1) is 0 Å². The van der Waals surface area contributed by atoms with E-state index < -0.39 is 57.6 Å². The maximum absolute atomic E-state index is 10.5. The highest BCUT2D eigenvalue weighted by Crippen LogP contribution is 2.38. The van der Waals surface area contributed by atoms with E-state index in [4.69, 9.17) is 0 Å². The summed E-state index contributed by atoms with van der Waals surface area (Å²) in [6, 6.07) is 0. The lowest BCUT2D eigenvalue weighted by Crippen LogP contribution is -2.37. The van der Waals surface area contributed by atoms with E-state index >= 15 is 0 Å². The van der Waals surface area contributed by atoms with Crippen molar-refractivity contribution in [2.45, 2.75) is 26.7 Å². The van der Waals surface area contributed by atoms with Gasteiger partial charge in [-0.2, -0.15) is 0 Å². The molecule has 0 amide bonds. The molecule has 30 heavy (non-hydrogen) atoms. The molecule has 0 fully saturated rings. The molecule has 0 atom stereocenters. The lowest BCUT2D eigenvalue weighted by molar-refractivity contribution is -0.771. The number of rotatable bonds is 19. The minimum Gasteiger partial charge on any atom is -0.313 e. The zero-order valence-electron chi connectivity index (χ0n) is 16.2. The van der Waals surface area contributed by atoms with E-state index in [1.165, 1.54) is 0 Å². The van der Waals surface area contributed by atoms with Gasteiger partial charge < -0.3 is 19.4 Å². The predicted octanol–water partition coefficient (Wildman–Crippen LogP) is 1.99. The Hall–Kier alpha value is -2.50. The number of hydrogen-bond donors (Lipinski definition) is 0. The molecule has 0 unspecified atom stereocenters. The number of hydrogen-bond acceptors (Lipinski definition) is 14. The summed E-state index contributed by atoms with van der Waals surface area (Å²) in [5.74, 6) is 0.281. The van der Waals surface area contributed by atoms with Gasteiger partial charge in [-0.3, -0.25) is 0 Å². The van der Waals surface area contributed by atoms with E-state index in [1.807, 2.05) is 0 Å². The highest BCUT2D eigenvalue weighted by atomic mass is 33.1. The third kappa shape index (κ3) is 11.5. The average molecular weight is 478 g/mol.